The first-order valence-corrected chi connectivity index (χ1v) is 6.90. The number of para-hydroxylation sites is 1. The molecular weight excluding hydrogens is 258 g/mol. The SMILES string of the molecule is O=C(O)C1Cc2ccccc2N1C(=O)C1CCOCC1. The molecule has 2 aliphatic heterocycles. The lowest BCUT2D eigenvalue weighted by atomic mass is 9.98. The highest BCUT2D eigenvalue weighted by molar-refractivity contribution is 6.03. The number of carboxylic acid groups (broad SMARTS) is 1. The molecule has 0 bridgehead atoms. The molecule has 106 valence electrons. The van der Waals surface area contributed by atoms with Crippen LogP contribution in [-0.4, -0.2) is 36.2 Å². The van der Waals surface area contributed by atoms with Crippen molar-refractivity contribution in [1.29, 1.82) is 0 Å². The van der Waals surface area contributed by atoms with Gasteiger partial charge in [0.1, 0.15) is 6.04 Å². The highest BCUT2D eigenvalue weighted by atomic mass is 16.5. The van der Waals surface area contributed by atoms with Crippen LogP contribution in [-0.2, 0) is 20.7 Å². The first-order chi connectivity index (χ1) is 9.68. The molecule has 0 aliphatic carbocycles. The van der Waals surface area contributed by atoms with E-state index in [1.165, 1.54) is 4.90 Å². The van der Waals surface area contributed by atoms with Crippen molar-refractivity contribution in [1.82, 2.24) is 0 Å². The molecule has 2 aliphatic rings. The van der Waals surface area contributed by atoms with E-state index in [1.807, 2.05) is 24.3 Å². The van der Waals surface area contributed by atoms with Crippen molar-refractivity contribution >= 4 is 17.6 Å². The summed E-state index contributed by atoms with van der Waals surface area (Å²) in [5.74, 6) is -1.15. The second-order valence-electron chi connectivity index (χ2n) is 5.28. The zero-order valence-corrected chi connectivity index (χ0v) is 11.1. The number of rotatable bonds is 2. The van der Waals surface area contributed by atoms with Gasteiger partial charge in [-0.1, -0.05) is 18.2 Å². The lowest BCUT2D eigenvalue weighted by Gasteiger charge is -2.29. The third kappa shape index (κ3) is 2.18. The van der Waals surface area contributed by atoms with Gasteiger partial charge in [0.05, 0.1) is 0 Å². The second-order valence-corrected chi connectivity index (χ2v) is 5.28. The molecule has 0 spiro atoms. The summed E-state index contributed by atoms with van der Waals surface area (Å²) in [5.41, 5.74) is 1.68. The number of nitrogens with zero attached hydrogens (tertiary/aromatic N) is 1. The molecule has 2 heterocycles. The minimum Gasteiger partial charge on any atom is -0.480 e. The van der Waals surface area contributed by atoms with E-state index >= 15 is 0 Å². The summed E-state index contributed by atoms with van der Waals surface area (Å²) < 4.78 is 5.27. The van der Waals surface area contributed by atoms with E-state index in [1.54, 1.807) is 0 Å². The number of carboxylic acids is 1. The number of hydrogen-bond acceptors (Lipinski definition) is 3. The van der Waals surface area contributed by atoms with Gasteiger partial charge in [0.15, 0.2) is 0 Å². The maximum atomic E-state index is 12.7. The minimum atomic E-state index is -0.943. The molecule has 1 amide bonds. The van der Waals surface area contributed by atoms with E-state index in [9.17, 15) is 14.7 Å². The predicted molar refractivity (Wildman–Crippen MR) is 72.6 cm³/mol. The number of anilines is 1. The monoisotopic (exact) mass is 275 g/mol. The van der Waals surface area contributed by atoms with E-state index in [4.69, 9.17) is 4.74 Å². The van der Waals surface area contributed by atoms with Crippen molar-refractivity contribution in [3.63, 3.8) is 0 Å². The Labute approximate surface area is 117 Å². The van der Waals surface area contributed by atoms with Crippen molar-refractivity contribution in [2.24, 2.45) is 5.92 Å². The van der Waals surface area contributed by atoms with Crippen LogP contribution in [0.1, 0.15) is 18.4 Å². The number of carbonyl (C=O) groups is 2. The van der Waals surface area contributed by atoms with Gasteiger partial charge in [0.2, 0.25) is 5.91 Å². The van der Waals surface area contributed by atoms with Crippen molar-refractivity contribution in [2.45, 2.75) is 25.3 Å². The van der Waals surface area contributed by atoms with Crippen LogP contribution in [0, 0.1) is 5.92 Å². The number of carbonyl (C=O) groups excluding carboxylic acids is 1. The first-order valence-electron chi connectivity index (χ1n) is 6.90. The van der Waals surface area contributed by atoms with Crippen molar-refractivity contribution < 1.29 is 19.4 Å². The molecule has 20 heavy (non-hydrogen) atoms. The molecule has 5 nitrogen and oxygen atoms in total. The molecule has 1 aromatic carbocycles. The van der Waals surface area contributed by atoms with Gasteiger partial charge in [0, 0.05) is 31.2 Å². The zero-order chi connectivity index (χ0) is 14.1. The molecule has 1 aromatic rings. The van der Waals surface area contributed by atoms with Gasteiger partial charge in [-0.15, -0.1) is 0 Å². The normalized spacial score (nSPS) is 22.6. The van der Waals surface area contributed by atoms with Crippen LogP contribution in [0.4, 0.5) is 5.69 Å². The molecule has 0 aromatic heterocycles. The molecule has 0 saturated carbocycles. The summed E-state index contributed by atoms with van der Waals surface area (Å²) in [6.45, 7) is 1.15. The van der Waals surface area contributed by atoms with Crippen LogP contribution < -0.4 is 4.90 Å². The second kappa shape index (κ2) is 5.25. The average molecular weight is 275 g/mol. The Morgan fingerprint density at radius 1 is 1.20 bits per heavy atom. The van der Waals surface area contributed by atoms with Gasteiger partial charge in [0.25, 0.3) is 0 Å². The minimum absolute atomic E-state index is 0.0781. The van der Waals surface area contributed by atoms with Crippen LogP contribution in [0.25, 0.3) is 0 Å². The zero-order valence-electron chi connectivity index (χ0n) is 11.1. The topological polar surface area (TPSA) is 66.8 Å². The van der Waals surface area contributed by atoms with Gasteiger partial charge in [-0.3, -0.25) is 9.69 Å². The number of fused-ring (bicyclic) bond motifs is 1. The number of hydrogen-bond donors (Lipinski definition) is 1. The summed E-state index contributed by atoms with van der Waals surface area (Å²) in [6, 6.07) is 6.66. The van der Waals surface area contributed by atoms with Crippen LogP contribution in [0.5, 0.6) is 0 Å². The van der Waals surface area contributed by atoms with Gasteiger partial charge >= 0.3 is 5.97 Å². The van der Waals surface area contributed by atoms with Gasteiger partial charge < -0.3 is 9.84 Å². The van der Waals surface area contributed by atoms with E-state index in [2.05, 4.69) is 0 Å². The van der Waals surface area contributed by atoms with Gasteiger partial charge in [-0.25, -0.2) is 4.79 Å². The van der Waals surface area contributed by atoms with Crippen molar-refractivity contribution in [2.75, 3.05) is 18.1 Å². The summed E-state index contributed by atoms with van der Waals surface area (Å²) in [7, 11) is 0. The van der Waals surface area contributed by atoms with Crippen LogP contribution in [0.3, 0.4) is 0 Å². The van der Waals surface area contributed by atoms with Crippen LogP contribution >= 0.6 is 0 Å². The van der Waals surface area contributed by atoms with E-state index in [0.717, 1.165) is 11.3 Å². The van der Waals surface area contributed by atoms with E-state index in [0.29, 0.717) is 32.5 Å². The summed E-state index contributed by atoms with van der Waals surface area (Å²) in [4.78, 5) is 25.6. The highest BCUT2D eigenvalue weighted by Gasteiger charge is 2.40. The number of ether oxygens (including phenoxy) is 1. The quantitative estimate of drug-likeness (QED) is 0.887. The molecule has 1 atom stereocenters. The van der Waals surface area contributed by atoms with Crippen molar-refractivity contribution in [3.05, 3.63) is 29.8 Å². The predicted octanol–water partition coefficient (Wildman–Crippen LogP) is 1.46. The van der Waals surface area contributed by atoms with Gasteiger partial charge in [-0.05, 0) is 24.5 Å². The van der Waals surface area contributed by atoms with E-state index < -0.39 is 12.0 Å². The maximum Gasteiger partial charge on any atom is 0.327 e. The fourth-order valence-corrected chi connectivity index (χ4v) is 3.00. The Morgan fingerprint density at radius 3 is 2.60 bits per heavy atom. The Hall–Kier alpha value is -1.88. The standard InChI is InChI=1S/C15H17NO4/c17-14(10-5-7-20-8-6-10)16-12-4-2-1-3-11(12)9-13(16)15(18)19/h1-4,10,13H,5-9H2,(H,18,19). The molecule has 1 saturated heterocycles. The Bertz CT molecular complexity index is 536. The number of aliphatic carboxylic acids is 1. The summed E-state index contributed by atoms with van der Waals surface area (Å²) >= 11 is 0. The molecule has 1 fully saturated rings. The molecule has 3 rings (SSSR count). The Balaban J connectivity index is 1.91. The lowest BCUT2D eigenvalue weighted by molar-refractivity contribution is -0.140. The summed E-state index contributed by atoms with van der Waals surface area (Å²) in [6.07, 6.45) is 1.73. The van der Waals surface area contributed by atoms with Crippen LogP contribution in [0.2, 0.25) is 0 Å². The third-order valence-corrected chi connectivity index (χ3v) is 4.07. The molecular formula is C15H17NO4. The van der Waals surface area contributed by atoms with Crippen molar-refractivity contribution in [3.8, 4) is 0 Å². The highest BCUT2D eigenvalue weighted by Crippen LogP contribution is 2.34. The largest absolute Gasteiger partial charge is 0.480 e. The molecule has 1 unspecified atom stereocenters. The Morgan fingerprint density at radius 2 is 1.90 bits per heavy atom. The first kappa shape index (κ1) is 13.1. The number of benzene rings is 1. The molecule has 5 heteroatoms. The summed E-state index contributed by atoms with van der Waals surface area (Å²) in [5, 5.41) is 9.38. The van der Waals surface area contributed by atoms with Gasteiger partial charge in [-0.2, -0.15) is 0 Å². The fourth-order valence-electron chi connectivity index (χ4n) is 3.00. The smallest absolute Gasteiger partial charge is 0.327 e. The third-order valence-electron chi connectivity index (χ3n) is 4.07. The van der Waals surface area contributed by atoms with Crippen LogP contribution in [0.15, 0.2) is 24.3 Å². The van der Waals surface area contributed by atoms with E-state index in [-0.39, 0.29) is 11.8 Å². The fraction of sp³-hybridized carbons (Fsp3) is 0.467. The number of amides is 1. The molecule has 0 radical (unpaired) electrons. The lowest BCUT2D eigenvalue weighted by Crippen LogP contribution is -2.46. The Kier molecular flexibility index (Phi) is 3.44. The molecule has 1 N–H and O–H groups in total. The average Bonchev–Trinajstić information content (AvgIpc) is 2.87. The maximum absolute atomic E-state index is 12.7.